The lowest BCUT2D eigenvalue weighted by atomic mass is 10.1. The summed E-state index contributed by atoms with van der Waals surface area (Å²) < 4.78 is 0. The maximum absolute atomic E-state index is 4.64. The van der Waals surface area contributed by atoms with Crippen molar-refractivity contribution in [1.82, 2.24) is 25.1 Å². The Morgan fingerprint density at radius 2 is 1.61 bits per heavy atom. The molecule has 1 saturated heterocycles. The predicted octanol–water partition coefficient (Wildman–Crippen LogP) is 3.83. The highest BCUT2D eigenvalue weighted by molar-refractivity contribution is 5.71. The summed E-state index contributed by atoms with van der Waals surface area (Å²) in [6.07, 6.45) is 3.55. The molecule has 6 heteroatoms. The van der Waals surface area contributed by atoms with Gasteiger partial charge in [0.25, 0.3) is 0 Å². The van der Waals surface area contributed by atoms with Gasteiger partial charge in [-0.3, -0.25) is 15.0 Å². The van der Waals surface area contributed by atoms with Gasteiger partial charge in [-0.05, 0) is 13.8 Å². The van der Waals surface area contributed by atoms with Gasteiger partial charge in [0.2, 0.25) is 0 Å². The van der Waals surface area contributed by atoms with Crippen LogP contribution in [0.3, 0.4) is 0 Å². The number of hydrogen-bond donors (Lipinski definition) is 1. The van der Waals surface area contributed by atoms with Gasteiger partial charge in [-0.15, -0.1) is 0 Å². The van der Waals surface area contributed by atoms with Crippen molar-refractivity contribution >= 4 is 5.82 Å². The van der Waals surface area contributed by atoms with E-state index in [0.717, 1.165) is 55.5 Å². The number of nitrogens with zero attached hydrogens (tertiary/aromatic N) is 5. The highest BCUT2D eigenvalue weighted by Gasteiger charge is 2.22. The summed E-state index contributed by atoms with van der Waals surface area (Å²) in [4.78, 5) is 14.1. The first-order valence-electron chi connectivity index (χ1n) is 10.1. The van der Waals surface area contributed by atoms with Gasteiger partial charge in [-0.2, -0.15) is 5.10 Å². The van der Waals surface area contributed by atoms with Crippen molar-refractivity contribution in [1.29, 1.82) is 0 Å². The molecule has 6 nitrogen and oxygen atoms in total. The predicted molar refractivity (Wildman–Crippen MR) is 114 cm³/mol. The normalized spacial score (nSPS) is 14.5. The molecule has 28 heavy (non-hydrogen) atoms. The third-order valence-electron chi connectivity index (χ3n) is 5.06. The number of aromatic nitrogens is 4. The van der Waals surface area contributed by atoms with Gasteiger partial charge in [0.05, 0.1) is 5.69 Å². The summed E-state index contributed by atoms with van der Waals surface area (Å²) in [6.45, 7) is 13.0. The van der Waals surface area contributed by atoms with Crippen molar-refractivity contribution in [3.63, 3.8) is 0 Å². The summed E-state index contributed by atoms with van der Waals surface area (Å²) in [5, 5.41) is 7.39. The van der Waals surface area contributed by atoms with Gasteiger partial charge in [-0.25, -0.2) is 4.98 Å². The van der Waals surface area contributed by atoms with Crippen LogP contribution in [0.4, 0.5) is 5.82 Å². The maximum atomic E-state index is 4.64. The fourth-order valence-electron chi connectivity index (χ4n) is 3.51. The van der Waals surface area contributed by atoms with E-state index in [1.54, 1.807) is 12.4 Å². The van der Waals surface area contributed by atoms with E-state index >= 15 is 0 Å². The number of rotatable bonds is 4. The first kappa shape index (κ1) is 20.0. The molecule has 148 valence electrons. The van der Waals surface area contributed by atoms with Crippen LogP contribution < -0.4 is 4.90 Å². The molecule has 0 aliphatic carbocycles. The molecule has 1 N–H and O–H groups in total. The lowest BCUT2D eigenvalue weighted by Crippen LogP contribution is -2.46. The second-order valence-corrected chi connectivity index (χ2v) is 6.77. The molecular formula is C22H30N6. The molecule has 1 fully saturated rings. The zero-order chi connectivity index (χ0) is 19.9. The van der Waals surface area contributed by atoms with Crippen LogP contribution in [0.2, 0.25) is 0 Å². The Morgan fingerprint density at radius 1 is 0.929 bits per heavy atom. The van der Waals surface area contributed by atoms with Gasteiger partial charge in [0.15, 0.2) is 5.82 Å². The highest BCUT2D eigenvalue weighted by Crippen LogP contribution is 2.27. The van der Waals surface area contributed by atoms with Crippen molar-refractivity contribution in [3.8, 4) is 11.3 Å². The monoisotopic (exact) mass is 378 g/mol. The molecule has 3 heterocycles. The molecule has 1 aromatic carbocycles. The average Bonchev–Trinajstić information content (AvgIpc) is 3.08. The second-order valence-electron chi connectivity index (χ2n) is 6.77. The largest absolute Gasteiger partial charge is 0.352 e. The number of benzene rings is 1. The number of piperazine rings is 1. The molecule has 3 aromatic rings. The molecule has 0 atom stereocenters. The number of aryl methyl sites for hydroxylation is 2. The van der Waals surface area contributed by atoms with E-state index in [4.69, 9.17) is 0 Å². The van der Waals surface area contributed by atoms with Crippen LogP contribution >= 0.6 is 0 Å². The van der Waals surface area contributed by atoms with Gasteiger partial charge >= 0.3 is 0 Å². The van der Waals surface area contributed by atoms with E-state index in [1.165, 1.54) is 11.3 Å². The van der Waals surface area contributed by atoms with Gasteiger partial charge in [0.1, 0.15) is 5.69 Å². The Balaban J connectivity index is 0.00000109. The SMILES string of the molecule is CC.Cc1n[nH]c(C)c1CN1CCN(c2nccnc2-c2ccccc2)CC1. The number of H-pyrrole nitrogens is 1. The van der Waals surface area contributed by atoms with Crippen molar-refractivity contribution in [3.05, 3.63) is 59.7 Å². The fourth-order valence-corrected chi connectivity index (χ4v) is 3.51. The third-order valence-corrected chi connectivity index (χ3v) is 5.06. The van der Waals surface area contributed by atoms with E-state index in [-0.39, 0.29) is 0 Å². The average molecular weight is 379 g/mol. The van der Waals surface area contributed by atoms with Crippen LogP contribution in [0.5, 0.6) is 0 Å². The van der Waals surface area contributed by atoms with Crippen LogP contribution in [0.1, 0.15) is 30.8 Å². The van der Waals surface area contributed by atoms with Crippen LogP contribution in [0.15, 0.2) is 42.7 Å². The van der Waals surface area contributed by atoms with Crippen molar-refractivity contribution in [2.75, 3.05) is 31.1 Å². The van der Waals surface area contributed by atoms with Crippen LogP contribution in [-0.4, -0.2) is 51.2 Å². The molecule has 0 spiro atoms. The minimum Gasteiger partial charge on any atom is -0.352 e. The minimum atomic E-state index is 0.952. The Kier molecular flexibility index (Phi) is 6.76. The van der Waals surface area contributed by atoms with E-state index < -0.39 is 0 Å². The zero-order valence-corrected chi connectivity index (χ0v) is 17.3. The molecule has 4 rings (SSSR count). The minimum absolute atomic E-state index is 0.952. The Bertz CT molecular complexity index is 846. The lowest BCUT2D eigenvalue weighted by molar-refractivity contribution is 0.248. The summed E-state index contributed by atoms with van der Waals surface area (Å²) in [5.74, 6) is 0.981. The van der Waals surface area contributed by atoms with Crippen LogP contribution in [0.25, 0.3) is 11.3 Å². The molecule has 0 saturated carbocycles. The molecule has 1 aliphatic heterocycles. The number of hydrogen-bond acceptors (Lipinski definition) is 5. The van der Waals surface area contributed by atoms with E-state index in [9.17, 15) is 0 Å². The number of aromatic amines is 1. The second kappa shape index (κ2) is 9.46. The molecule has 0 unspecified atom stereocenters. The molecule has 2 aromatic heterocycles. The van der Waals surface area contributed by atoms with Gasteiger partial charge in [-0.1, -0.05) is 44.2 Å². The standard InChI is InChI=1S/C20H24N6.C2H6/c1-15-18(16(2)24-23-15)14-25-10-12-26(13-11-25)20-19(21-8-9-22-20)17-6-4-3-5-7-17;1-2/h3-9H,10-14H2,1-2H3,(H,23,24);1-2H3. The summed E-state index contributed by atoms with van der Waals surface area (Å²) in [7, 11) is 0. The van der Waals surface area contributed by atoms with Crippen LogP contribution in [0, 0.1) is 13.8 Å². The molecule has 0 radical (unpaired) electrons. The lowest BCUT2D eigenvalue weighted by Gasteiger charge is -2.36. The highest BCUT2D eigenvalue weighted by atomic mass is 15.3. The topological polar surface area (TPSA) is 60.9 Å². The van der Waals surface area contributed by atoms with Gasteiger partial charge in [0, 0.05) is 61.9 Å². The van der Waals surface area contributed by atoms with Gasteiger partial charge < -0.3 is 4.90 Å². The van der Waals surface area contributed by atoms with E-state index in [2.05, 4.69) is 55.9 Å². The smallest absolute Gasteiger partial charge is 0.155 e. The maximum Gasteiger partial charge on any atom is 0.155 e. The number of anilines is 1. The Morgan fingerprint density at radius 3 is 2.25 bits per heavy atom. The Hall–Kier alpha value is -2.73. The molecular weight excluding hydrogens is 348 g/mol. The summed E-state index contributed by atoms with van der Waals surface area (Å²) >= 11 is 0. The number of nitrogens with one attached hydrogen (secondary N) is 1. The first-order chi connectivity index (χ1) is 13.7. The summed E-state index contributed by atoms with van der Waals surface area (Å²) in [5.41, 5.74) is 5.67. The Labute approximate surface area is 167 Å². The van der Waals surface area contributed by atoms with Crippen molar-refractivity contribution in [2.24, 2.45) is 0 Å². The molecule has 1 aliphatic rings. The van der Waals surface area contributed by atoms with Crippen LogP contribution in [-0.2, 0) is 6.54 Å². The van der Waals surface area contributed by atoms with Crippen molar-refractivity contribution in [2.45, 2.75) is 34.2 Å². The fraction of sp³-hybridized carbons (Fsp3) is 0.409. The van der Waals surface area contributed by atoms with E-state index in [0.29, 0.717) is 0 Å². The third kappa shape index (κ3) is 4.39. The first-order valence-corrected chi connectivity index (χ1v) is 10.1. The zero-order valence-electron chi connectivity index (χ0n) is 17.3. The van der Waals surface area contributed by atoms with Crippen molar-refractivity contribution < 1.29 is 0 Å². The van der Waals surface area contributed by atoms with E-state index in [1.807, 2.05) is 32.0 Å². The molecule has 0 amide bonds. The quantitative estimate of drug-likeness (QED) is 0.748. The molecule has 0 bridgehead atoms. The summed E-state index contributed by atoms with van der Waals surface area (Å²) in [6, 6.07) is 10.3.